The van der Waals surface area contributed by atoms with E-state index in [9.17, 15) is 63.6 Å². The summed E-state index contributed by atoms with van der Waals surface area (Å²) in [4.78, 5) is 0. The molecule has 0 spiro atoms. The van der Waals surface area contributed by atoms with Gasteiger partial charge in [-0.1, -0.05) is 95.9 Å². The zero-order chi connectivity index (χ0) is 35.4. The van der Waals surface area contributed by atoms with Crippen molar-refractivity contribution in [1.29, 1.82) is 0 Å². The van der Waals surface area contributed by atoms with Crippen molar-refractivity contribution in [1.82, 2.24) is 9.44 Å². The Bertz CT molecular complexity index is 825. The summed E-state index contributed by atoms with van der Waals surface area (Å²) in [6.07, 6.45) is 0.0469. The van der Waals surface area contributed by atoms with Crippen molar-refractivity contribution >= 4 is 20.0 Å². The van der Waals surface area contributed by atoms with E-state index in [-0.39, 0.29) is 47.4 Å². The van der Waals surface area contributed by atoms with Gasteiger partial charge in [-0.25, -0.2) is 26.3 Å². The summed E-state index contributed by atoms with van der Waals surface area (Å²) in [5, 5.41) is 40.4. The van der Waals surface area contributed by atoms with E-state index in [1.54, 1.807) is 83.1 Å². The van der Waals surface area contributed by atoms with Gasteiger partial charge in [0.2, 0.25) is 0 Å². The van der Waals surface area contributed by atoms with E-state index in [1.165, 1.54) is 9.44 Å². The van der Waals surface area contributed by atoms with Gasteiger partial charge in [-0.2, -0.15) is 26.3 Å². The topological polar surface area (TPSA) is 185 Å². The molecular formula is C24H48F6N2O8S2Ti. The summed E-state index contributed by atoms with van der Waals surface area (Å²) in [7, 11) is -11.6. The van der Waals surface area contributed by atoms with Crippen LogP contribution in [0.1, 0.15) is 109 Å². The first kappa shape index (κ1) is 52.5. The predicted molar refractivity (Wildman–Crippen MR) is 141 cm³/mol. The maximum atomic E-state index is 12.3. The Labute approximate surface area is 268 Å². The van der Waals surface area contributed by atoms with E-state index in [1.807, 2.05) is 0 Å². The Hall–Kier alpha value is -0.0457. The first-order chi connectivity index (χ1) is 17.7. The molecule has 1 aliphatic rings. The van der Waals surface area contributed by atoms with Crippen molar-refractivity contribution in [2.24, 2.45) is 0 Å². The molecule has 0 aromatic rings. The van der Waals surface area contributed by atoms with Crippen molar-refractivity contribution in [2.45, 2.75) is 154 Å². The van der Waals surface area contributed by atoms with Gasteiger partial charge in [0.25, 0.3) is 0 Å². The Morgan fingerprint density at radius 2 is 0.628 bits per heavy atom. The van der Waals surface area contributed by atoms with Crippen LogP contribution in [-0.4, -0.2) is 62.3 Å². The largest absolute Gasteiger partial charge is 4.00 e. The fourth-order valence-electron chi connectivity index (χ4n) is 1.95. The number of rotatable bonds is 4. The molecule has 0 aliphatic heterocycles. The van der Waals surface area contributed by atoms with Gasteiger partial charge in [-0.15, -0.1) is 22.4 Å². The number of halogens is 6. The minimum Gasteiger partial charge on any atom is -0.850 e. The molecule has 10 nitrogen and oxygen atoms in total. The molecule has 43 heavy (non-hydrogen) atoms. The van der Waals surface area contributed by atoms with Gasteiger partial charge in [0.15, 0.2) is 0 Å². The first-order valence-electron chi connectivity index (χ1n) is 12.7. The number of nitrogens with one attached hydrogen (secondary N) is 2. The van der Waals surface area contributed by atoms with Crippen molar-refractivity contribution < 1.29 is 85.3 Å². The molecule has 19 heteroatoms. The van der Waals surface area contributed by atoms with Gasteiger partial charge in [-0.05, 0) is 12.8 Å². The molecule has 0 amide bonds. The van der Waals surface area contributed by atoms with Crippen molar-refractivity contribution in [3.8, 4) is 0 Å². The Kier molecular flexibility index (Phi) is 23.9. The van der Waals surface area contributed by atoms with E-state index >= 15 is 0 Å². The summed E-state index contributed by atoms with van der Waals surface area (Å²) in [5.41, 5.74) is -14.3. The number of hydrogen-bond acceptors (Lipinski definition) is 8. The zero-order valence-corrected chi connectivity index (χ0v) is 30.0. The van der Waals surface area contributed by atoms with Crippen molar-refractivity contribution in [2.75, 3.05) is 0 Å². The number of hydrogen-bond donors (Lipinski definition) is 2. The second-order valence-corrected chi connectivity index (χ2v) is 16.5. The van der Waals surface area contributed by atoms with Crippen LogP contribution >= 0.6 is 0 Å². The molecule has 0 aromatic carbocycles. The monoisotopic (exact) mass is 718 g/mol. The fourth-order valence-corrected chi connectivity index (χ4v) is 3.57. The standard InChI is InChI=1S/C8H12F6N2O4S2.4C4H9O.Ti/c9-7(10,11)21(17,18)15-5-3-1-2-4-6(5)16-22(19,20)8(12,13)14;4*1-4(2,3)5;/h5-6,15-16H,1-4H2;4*1-3H3;/q;4*-1;+4/t5-,6-;;;;;/m1...../s1. The molecule has 1 aliphatic carbocycles. The van der Waals surface area contributed by atoms with Crippen LogP contribution in [-0.2, 0) is 41.8 Å². The molecule has 2 N–H and O–H groups in total. The maximum absolute atomic E-state index is 12.3. The molecule has 0 unspecified atom stereocenters. The van der Waals surface area contributed by atoms with E-state index in [0.717, 1.165) is 0 Å². The Morgan fingerprint density at radius 1 is 0.488 bits per heavy atom. The second kappa shape index (κ2) is 19.6. The van der Waals surface area contributed by atoms with E-state index < -0.39 is 65.6 Å². The molecule has 260 valence electrons. The summed E-state index contributed by atoms with van der Waals surface area (Å²) in [6, 6.07) is -3.23. The summed E-state index contributed by atoms with van der Waals surface area (Å²) in [5.74, 6) is 0. The third kappa shape index (κ3) is 44.1. The summed E-state index contributed by atoms with van der Waals surface area (Å²) >= 11 is 0. The molecule has 1 rings (SSSR count). The van der Waals surface area contributed by atoms with Crippen LogP contribution in [0.3, 0.4) is 0 Å². The smallest absolute Gasteiger partial charge is 0.850 e. The molecule has 1 fully saturated rings. The van der Waals surface area contributed by atoms with E-state index in [0.29, 0.717) is 0 Å². The van der Waals surface area contributed by atoms with Gasteiger partial charge < -0.3 is 20.4 Å². The Balaban J connectivity index is -0.000000186. The number of sulfonamides is 2. The van der Waals surface area contributed by atoms with Gasteiger partial charge in [-0.3, -0.25) is 0 Å². The molecule has 0 radical (unpaired) electrons. The minimum absolute atomic E-state index is 0. The van der Waals surface area contributed by atoms with Gasteiger partial charge in [0.1, 0.15) is 0 Å². The average molecular weight is 719 g/mol. The molecule has 2 atom stereocenters. The third-order valence-electron chi connectivity index (χ3n) is 2.99. The van der Waals surface area contributed by atoms with E-state index in [4.69, 9.17) is 0 Å². The molecule has 0 heterocycles. The van der Waals surface area contributed by atoms with E-state index in [2.05, 4.69) is 0 Å². The second-order valence-electron chi connectivity index (χ2n) is 13.1. The van der Waals surface area contributed by atoms with Crippen LogP contribution in [0, 0.1) is 0 Å². The quantitative estimate of drug-likeness (QED) is 0.325. The molecular weight excluding hydrogens is 670 g/mol. The summed E-state index contributed by atoms with van der Waals surface area (Å²) < 4.78 is 120. The molecule has 0 aromatic heterocycles. The zero-order valence-electron chi connectivity index (χ0n) is 26.8. The molecule has 0 bridgehead atoms. The van der Waals surface area contributed by atoms with Crippen LogP contribution in [0.5, 0.6) is 0 Å². The predicted octanol–water partition coefficient (Wildman–Crippen LogP) is 1.75. The van der Waals surface area contributed by atoms with Crippen molar-refractivity contribution in [3.05, 3.63) is 0 Å². The first-order valence-corrected chi connectivity index (χ1v) is 15.6. The number of alkyl halides is 6. The normalized spacial score (nSPS) is 18.5. The van der Waals surface area contributed by atoms with Gasteiger partial charge >= 0.3 is 52.8 Å². The molecule has 1 saturated carbocycles. The van der Waals surface area contributed by atoms with Crippen LogP contribution in [0.4, 0.5) is 26.3 Å². The van der Waals surface area contributed by atoms with Crippen molar-refractivity contribution in [3.63, 3.8) is 0 Å². The molecule has 0 saturated heterocycles. The average Bonchev–Trinajstić information content (AvgIpc) is 2.55. The fraction of sp³-hybridized carbons (Fsp3) is 1.00. The maximum Gasteiger partial charge on any atom is 4.00 e. The van der Waals surface area contributed by atoms with Crippen LogP contribution in [0.25, 0.3) is 0 Å². The van der Waals surface area contributed by atoms with Crippen LogP contribution in [0.2, 0.25) is 0 Å². The minimum atomic E-state index is -5.79. The SMILES string of the molecule is CC(C)(C)[O-].CC(C)(C)[O-].CC(C)(C)[O-].CC(C)(C)[O-].O=S(=O)(N[C@@H]1CCCC[C@H]1NS(=O)(=O)C(F)(F)F)C(F)(F)F.[Ti+4]. The summed E-state index contributed by atoms with van der Waals surface area (Å²) in [6.45, 7) is 19.6. The van der Waals surface area contributed by atoms with Crippen LogP contribution < -0.4 is 29.9 Å². The van der Waals surface area contributed by atoms with Crippen LogP contribution in [0.15, 0.2) is 0 Å². The third-order valence-corrected chi connectivity index (χ3v) is 5.43. The van der Waals surface area contributed by atoms with Gasteiger partial charge in [0, 0.05) is 12.1 Å². The van der Waals surface area contributed by atoms with Gasteiger partial charge in [0.05, 0.1) is 0 Å². The Morgan fingerprint density at radius 3 is 0.744 bits per heavy atom.